The molecule has 2 heterocycles. The van der Waals surface area contributed by atoms with Crippen LogP contribution in [-0.2, 0) is 16.0 Å². The molecule has 0 spiro atoms. The third-order valence-corrected chi connectivity index (χ3v) is 4.54. The average molecular weight is 301 g/mol. The number of carbonyl (C=O) groups excluding carboxylic acids is 2. The molecule has 1 saturated heterocycles. The average Bonchev–Trinajstić information content (AvgIpc) is 2.68. The second-order valence-electron chi connectivity index (χ2n) is 6.10. The topological polar surface area (TPSA) is 52.7 Å². The number of aryl methyl sites for hydroxylation is 1. The van der Waals surface area contributed by atoms with Crippen LogP contribution in [0.15, 0.2) is 24.3 Å². The second kappa shape index (κ2) is 6.48. The number of carbonyl (C=O) groups is 2. The fourth-order valence-electron chi connectivity index (χ4n) is 3.30. The fourth-order valence-corrected chi connectivity index (χ4v) is 3.30. The quantitative estimate of drug-likeness (QED) is 0.892. The summed E-state index contributed by atoms with van der Waals surface area (Å²) in [6.45, 7) is 4.54. The molecular weight excluding hydrogens is 278 g/mol. The van der Waals surface area contributed by atoms with E-state index in [-0.39, 0.29) is 24.4 Å². The van der Waals surface area contributed by atoms with Crippen molar-refractivity contribution in [2.24, 2.45) is 0 Å². The SMILES string of the molecule is C[C@H]1CNCCN1C(=O)CN1C(=O)CCCc2ccccc21. The molecule has 1 atom stereocenters. The molecule has 5 nitrogen and oxygen atoms in total. The Morgan fingerprint density at radius 2 is 2.14 bits per heavy atom. The van der Waals surface area contributed by atoms with Gasteiger partial charge < -0.3 is 15.1 Å². The third-order valence-electron chi connectivity index (χ3n) is 4.54. The van der Waals surface area contributed by atoms with Gasteiger partial charge in [0.25, 0.3) is 0 Å². The van der Waals surface area contributed by atoms with Crippen molar-refractivity contribution in [3.63, 3.8) is 0 Å². The van der Waals surface area contributed by atoms with Gasteiger partial charge in [-0.25, -0.2) is 0 Å². The zero-order valence-electron chi connectivity index (χ0n) is 13.0. The van der Waals surface area contributed by atoms with Crippen LogP contribution in [0.3, 0.4) is 0 Å². The molecule has 118 valence electrons. The molecule has 1 aromatic carbocycles. The summed E-state index contributed by atoms with van der Waals surface area (Å²) in [4.78, 5) is 28.6. The van der Waals surface area contributed by atoms with Crippen LogP contribution in [0.5, 0.6) is 0 Å². The van der Waals surface area contributed by atoms with Crippen molar-refractivity contribution in [1.29, 1.82) is 0 Å². The van der Waals surface area contributed by atoms with Gasteiger partial charge in [0, 0.05) is 37.8 Å². The minimum atomic E-state index is 0.0408. The third kappa shape index (κ3) is 2.99. The van der Waals surface area contributed by atoms with Crippen LogP contribution >= 0.6 is 0 Å². The zero-order valence-corrected chi connectivity index (χ0v) is 13.0. The number of amides is 2. The summed E-state index contributed by atoms with van der Waals surface area (Å²) in [5.74, 6) is 0.0974. The molecular formula is C17H23N3O2. The van der Waals surface area contributed by atoms with Gasteiger partial charge in [-0.3, -0.25) is 9.59 Å². The number of hydrogen-bond acceptors (Lipinski definition) is 3. The number of rotatable bonds is 2. The summed E-state index contributed by atoms with van der Waals surface area (Å²) >= 11 is 0. The molecule has 1 fully saturated rings. The normalized spacial score (nSPS) is 22.2. The largest absolute Gasteiger partial charge is 0.336 e. The molecule has 2 aliphatic heterocycles. The molecule has 0 aromatic heterocycles. The molecule has 0 unspecified atom stereocenters. The minimum absolute atomic E-state index is 0.0408. The first-order valence-corrected chi connectivity index (χ1v) is 8.05. The molecule has 5 heteroatoms. The Kier molecular flexibility index (Phi) is 4.43. The van der Waals surface area contributed by atoms with E-state index >= 15 is 0 Å². The van der Waals surface area contributed by atoms with E-state index in [0.717, 1.165) is 37.2 Å². The van der Waals surface area contributed by atoms with Crippen molar-refractivity contribution in [1.82, 2.24) is 10.2 Å². The second-order valence-corrected chi connectivity index (χ2v) is 6.10. The molecule has 0 aliphatic carbocycles. The van der Waals surface area contributed by atoms with E-state index in [2.05, 4.69) is 11.4 Å². The number of nitrogens with zero attached hydrogens (tertiary/aromatic N) is 2. The monoisotopic (exact) mass is 301 g/mol. The van der Waals surface area contributed by atoms with Gasteiger partial charge >= 0.3 is 0 Å². The number of piperazine rings is 1. The van der Waals surface area contributed by atoms with Crippen LogP contribution < -0.4 is 10.2 Å². The first-order valence-electron chi connectivity index (χ1n) is 8.05. The highest BCUT2D eigenvalue weighted by Crippen LogP contribution is 2.26. The minimum Gasteiger partial charge on any atom is -0.336 e. The highest BCUT2D eigenvalue weighted by atomic mass is 16.2. The van der Waals surface area contributed by atoms with Gasteiger partial charge in [-0.2, -0.15) is 0 Å². The van der Waals surface area contributed by atoms with E-state index < -0.39 is 0 Å². The summed E-state index contributed by atoms with van der Waals surface area (Å²) in [6.07, 6.45) is 2.26. The van der Waals surface area contributed by atoms with Crippen LogP contribution in [0, 0.1) is 0 Å². The van der Waals surface area contributed by atoms with E-state index in [1.54, 1.807) is 4.90 Å². The van der Waals surface area contributed by atoms with Crippen molar-refractivity contribution < 1.29 is 9.59 Å². The van der Waals surface area contributed by atoms with Gasteiger partial charge in [0.05, 0.1) is 0 Å². The molecule has 0 saturated carbocycles. The van der Waals surface area contributed by atoms with Crippen LogP contribution in [0.2, 0.25) is 0 Å². The number of benzene rings is 1. The predicted octanol–water partition coefficient (Wildman–Crippen LogP) is 1.18. The molecule has 3 rings (SSSR count). The van der Waals surface area contributed by atoms with Gasteiger partial charge in [0.15, 0.2) is 0 Å². The van der Waals surface area contributed by atoms with Crippen molar-refractivity contribution in [3.05, 3.63) is 29.8 Å². The maximum atomic E-state index is 12.6. The Bertz CT molecular complexity index is 573. The molecule has 1 aromatic rings. The van der Waals surface area contributed by atoms with E-state index in [1.807, 2.05) is 30.0 Å². The van der Waals surface area contributed by atoms with E-state index in [0.29, 0.717) is 13.0 Å². The Morgan fingerprint density at radius 3 is 2.95 bits per heavy atom. The Labute approximate surface area is 131 Å². The standard InChI is InChI=1S/C17H23N3O2/c1-13-11-18-9-10-19(13)17(22)12-20-15-7-3-2-5-14(15)6-4-8-16(20)21/h2-3,5,7,13,18H,4,6,8-12H2,1H3/t13-/m0/s1. The van der Waals surface area contributed by atoms with Crippen LogP contribution in [-0.4, -0.2) is 48.9 Å². The first kappa shape index (κ1) is 15.0. The summed E-state index contributed by atoms with van der Waals surface area (Å²) in [7, 11) is 0. The van der Waals surface area contributed by atoms with Crippen LogP contribution in [0.4, 0.5) is 5.69 Å². The zero-order chi connectivity index (χ0) is 15.5. The van der Waals surface area contributed by atoms with Gasteiger partial charge in [-0.1, -0.05) is 18.2 Å². The number of nitrogens with one attached hydrogen (secondary N) is 1. The van der Waals surface area contributed by atoms with Crippen LogP contribution in [0.25, 0.3) is 0 Å². The lowest BCUT2D eigenvalue weighted by atomic mass is 10.1. The number of hydrogen-bond donors (Lipinski definition) is 1. The lowest BCUT2D eigenvalue weighted by molar-refractivity contribution is -0.133. The molecule has 0 radical (unpaired) electrons. The molecule has 1 N–H and O–H groups in total. The van der Waals surface area contributed by atoms with Gasteiger partial charge in [0.2, 0.25) is 11.8 Å². The highest BCUT2D eigenvalue weighted by Gasteiger charge is 2.28. The fraction of sp³-hybridized carbons (Fsp3) is 0.529. The van der Waals surface area contributed by atoms with Crippen molar-refractivity contribution in [2.75, 3.05) is 31.1 Å². The summed E-state index contributed by atoms with van der Waals surface area (Å²) < 4.78 is 0. The number of anilines is 1. The van der Waals surface area contributed by atoms with E-state index in [4.69, 9.17) is 0 Å². The van der Waals surface area contributed by atoms with Crippen molar-refractivity contribution in [2.45, 2.75) is 32.2 Å². The van der Waals surface area contributed by atoms with Gasteiger partial charge in [0.1, 0.15) is 6.54 Å². The molecule has 22 heavy (non-hydrogen) atoms. The predicted molar refractivity (Wildman–Crippen MR) is 85.8 cm³/mol. The lowest BCUT2D eigenvalue weighted by Gasteiger charge is -2.35. The maximum absolute atomic E-state index is 12.6. The number of fused-ring (bicyclic) bond motifs is 1. The van der Waals surface area contributed by atoms with Crippen LogP contribution in [0.1, 0.15) is 25.3 Å². The summed E-state index contributed by atoms with van der Waals surface area (Å²) in [5, 5.41) is 3.28. The Morgan fingerprint density at radius 1 is 1.32 bits per heavy atom. The van der Waals surface area contributed by atoms with Crippen molar-refractivity contribution in [3.8, 4) is 0 Å². The molecule has 2 amide bonds. The van der Waals surface area contributed by atoms with Gasteiger partial charge in [-0.05, 0) is 31.4 Å². The number of para-hydroxylation sites is 1. The van der Waals surface area contributed by atoms with Gasteiger partial charge in [-0.15, -0.1) is 0 Å². The van der Waals surface area contributed by atoms with E-state index in [9.17, 15) is 9.59 Å². The van der Waals surface area contributed by atoms with Crippen molar-refractivity contribution >= 4 is 17.5 Å². The van der Waals surface area contributed by atoms with E-state index in [1.165, 1.54) is 0 Å². The Balaban J connectivity index is 1.80. The maximum Gasteiger partial charge on any atom is 0.242 e. The molecule has 2 aliphatic rings. The summed E-state index contributed by atoms with van der Waals surface area (Å²) in [6, 6.07) is 8.11. The highest BCUT2D eigenvalue weighted by molar-refractivity contribution is 5.99. The smallest absolute Gasteiger partial charge is 0.242 e. The first-order chi connectivity index (χ1) is 10.7. The summed E-state index contributed by atoms with van der Waals surface area (Å²) in [5.41, 5.74) is 2.07. The Hall–Kier alpha value is -1.88. The lowest BCUT2D eigenvalue weighted by Crippen LogP contribution is -2.55. The molecule has 0 bridgehead atoms.